The van der Waals surface area contributed by atoms with Crippen LogP contribution in [0.3, 0.4) is 0 Å². The molecule has 0 spiro atoms. The highest BCUT2D eigenvalue weighted by atomic mass is 16.6. The van der Waals surface area contributed by atoms with E-state index in [1.54, 1.807) is 13.0 Å². The van der Waals surface area contributed by atoms with Crippen LogP contribution < -0.4 is 0 Å². The van der Waals surface area contributed by atoms with Crippen LogP contribution in [0.25, 0.3) is 0 Å². The van der Waals surface area contributed by atoms with Gasteiger partial charge in [-0.25, -0.2) is 9.59 Å². The molecule has 22 heavy (non-hydrogen) atoms. The van der Waals surface area contributed by atoms with Crippen molar-refractivity contribution in [3.63, 3.8) is 0 Å². The monoisotopic (exact) mass is 306 g/mol. The normalized spacial score (nSPS) is 38.8. The molecule has 1 aromatic heterocycles. The Kier molecular flexibility index (Phi) is 2.65. The van der Waals surface area contributed by atoms with Gasteiger partial charge in [0.15, 0.2) is 6.10 Å². The van der Waals surface area contributed by atoms with E-state index in [0.717, 1.165) is 0 Å². The number of esters is 2. The Bertz CT molecular complexity index is 657. The lowest BCUT2D eigenvalue weighted by Crippen LogP contribution is -2.48. The minimum absolute atomic E-state index is 0.0296. The van der Waals surface area contributed by atoms with Crippen LogP contribution in [-0.4, -0.2) is 41.5 Å². The number of furan rings is 1. The van der Waals surface area contributed by atoms with Gasteiger partial charge in [0.25, 0.3) is 0 Å². The second-order valence-electron chi connectivity index (χ2n) is 5.94. The molecule has 1 saturated carbocycles. The topological polar surface area (TPSA) is 95.2 Å². The third-order valence-electron chi connectivity index (χ3n) is 4.69. The van der Waals surface area contributed by atoms with E-state index < -0.39 is 29.7 Å². The summed E-state index contributed by atoms with van der Waals surface area (Å²) in [6.07, 6.45) is 1.04. The molecule has 7 nitrogen and oxygen atoms in total. The summed E-state index contributed by atoms with van der Waals surface area (Å²) >= 11 is 0. The first-order chi connectivity index (χ1) is 10.5. The zero-order valence-corrected chi connectivity index (χ0v) is 11.7. The van der Waals surface area contributed by atoms with Gasteiger partial charge in [-0.1, -0.05) is 0 Å². The Labute approximate surface area is 125 Å². The lowest BCUT2D eigenvalue weighted by Gasteiger charge is -2.33. The first-order valence-electron chi connectivity index (χ1n) is 6.99. The molecule has 2 fully saturated rings. The van der Waals surface area contributed by atoms with Crippen LogP contribution >= 0.6 is 0 Å². The van der Waals surface area contributed by atoms with E-state index in [4.69, 9.17) is 18.6 Å². The predicted molar refractivity (Wildman–Crippen MR) is 69.4 cm³/mol. The Hall–Kier alpha value is -2.28. The summed E-state index contributed by atoms with van der Waals surface area (Å²) in [5.41, 5.74) is -0.976. The van der Waals surface area contributed by atoms with Crippen molar-refractivity contribution < 1.29 is 33.3 Å². The van der Waals surface area contributed by atoms with Gasteiger partial charge < -0.3 is 23.7 Å². The standard InChI is InChI=1S/C15H14O7/c1-15(18)8-6-19-5-7-10(8)11(21-13(7)16)12(15)22-14(17)9-3-2-4-20-9/h2-5,8,10-12,18H,6H2,1H3/t8-,10+,11-,12-,15+/m0/s1. The maximum atomic E-state index is 12.1. The number of rotatable bonds is 2. The van der Waals surface area contributed by atoms with Gasteiger partial charge in [0.05, 0.1) is 24.7 Å². The van der Waals surface area contributed by atoms with Crippen LogP contribution in [-0.2, 0) is 19.0 Å². The lowest BCUT2D eigenvalue weighted by atomic mass is 9.83. The number of ether oxygens (including phenoxy) is 3. The van der Waals surface area contributed by atoms with Gasteiger partial charge >= 0.3 is 11.9 Å². The fourth-order valence-corrected chi connectivity index (χ4v) is 3.58. The van der Waals surface area contributed by atoms with Crippen molar-refractivity contribution in [3.05, 3.63) is 36.0 Å². The smallest absolute Gasteiger partial charge is 0.374 e. The van der Waals surface area contributed by atoms with Gasteiger partial charge in [-0.2, -0.15) is 0 Å². The Morgan fingerprint density at radius 3 is 3.05 bits per heavy atom. The largest absolute Gasteiger partial charge is 0.500 e. The van der Waals surface area contributed by atoms with Crippen molar-refractivity contribution in [2.24, 2.45) is 11.8 Å². The van der Waals surface area contributed by atoms with E-state index in [1.807, 2.05) is 0 Å². The first-order valence-corrected chi connectivity index (χ1v) is 6.99. The summed E-state index contributed by atoms with van der Waals surface area (Å²) in [5.74, 6) is -1.87. The van der Waals surface area contributed by atoms with Crippen molar-refractivity contribution in [2.45, 2.75) is 24.7 Å². The van der Waals surface area contributed by atoms with E-state index >= 15 is 0 Å². The number of hydrogen-bond acceptors (Lipinski definition) is 7. The highest BCUT2D eigenvalue weighted by molar-refractivity contribution is 5.92. The van der Waals surface area contributed by atoms with Crippen LogP contribution in [0.4, 0.5) is 0 Å². The van der Waals surface area contributed by atoms with Gasteiger partial charge in [-0.15, -0.1) is 0 Å². The SMILES string of the molecule is C[C@@]1(O)[C@H]2COC=C3C(=O)O[C@@H]([C@H]32)[C@@H]1OC(=O)c1ccco1. The molecule has 0 aromatic carbocycles. The molecular formula is C15H14O7. The van der Waals surface area contributed by atoms with E-state index in [-0.39, 0.29) is 24.2 Å². The van der Waals surface area contributed by atoms with Gasteiger partial charge in [0.1, 0.15) is 11.7 Å². The highest BCUT2D eigenvalue weighted by Crippen LogP contribution is 2.52. The minimum Gasteiger partial charge on any atom is -0.500 e. The first kappa shape index (κ1) is 13.4. The third kappa shape index (κ3) is 1.65. The van der Waals surface area contributed by atoms with E-state index in [1.165, 1.54) is 18.6 Å². The molecule has 2 aliphatic heterocycles. The van der Waals surface area contributed by atoms with E-state index in [9.17, 15) is 14.7 Å². The third-order valence-corrected chi connectivity index (χ3v) is 4.69. The molecule has 5 atom stereocenters. The molecule has 1 aliphatic carbocycles. The maximum absolute atomic E-state index is 12.1. The van der Waals surface area contributed by atoms with Crippen molar-refractivity contribution in [1.82, 2.24) is 0 Å². The fourth-order valence-electron chi connectivity index (χ4n) is 3.58. The molecule has 3 heterocycles. The number of aliphatic hydroxyl groups is 1. The highest BCUT2D eigenvalue weighted by Gasteiger charge is 2.67. The average Bonchev–Trinajstić information content (AvgIpc) is 3.16. The molecule has 0 unspecified atom stereocenters. The summed E-state index contributed by atoms with van der Waals surface area (Å²) in [5, 5.41) is 10.8. The number of hydrogen-bond donors (Lipinski definition) is 1. The van der Waals surface area contributed by atoms with Crippen molar-refractivity contribution in [3.8, 4) is 0 Å². The van der Waals surface area contributed by atoms with Crippen molar-refractivity contribution in [2.75, 3.05) is 6.61 Å². The zero-order chi connectivity index (χ0) is 15.5. The lowest BCUT2D eigenvalue weighted by molar-refractivity contribution is -0.152. The molecule has 0 amide bonds. The van der Waals surface area contributed by atoms with Crippen LogP contribution in [0.1, 0.15) is 17.5 Å². The van der Waals surface area contributed by atoms with Gasteiger partial charge in [0, 0.05) is 11.8 Å². The molecular weight excluding hydrogens is 292 g/mol. The van der Waals surface area contributed by atoms with E-state index in [2.05, 4.69) is 0 Å². The molecule has 4 rings (SSSR count). The Balaban J connectivity index is 1.66. The molecule has 116 valence electrons. The summed E-state index contributed by atoms with van der Waals surface area (Å²) in [6.45, 7) is 1.80. The van der Waals surface area contributed by atoms with Crippen molar-refractivity contribution >= 4 is 11.9 Å². The van der Waals surface area contributed by atoms with Gasteiger partial charge in [0.2, 0.25) is 5.76 Å². The van der Waals surface area contributed by atoms with Gasteiger partial charge in [-0.05, 0) is 19.1 Å². The molecule has 1 saturated heterocycles. The molecule has 1 N–H and O–H groups in total. The summed E-state index contributed by atoms with van der Waals surface area (Å²) < 4.78 is 21.0. The molecule has 0 bridgehead atoms. The minimum atomic E-state index is -1.36. The second kappa shape index (κ2) is 4.36. The molecule has 0 radical (unpaired) electrons. The number of carbonyl (C=O) groups is 2. The quantitative estimate of drug-likeness (QED) is 0.801. The Morgan fingerprint density at radius 1 is 1.50 bits per heavy atom. The van der Waals surface area contributed by atoms with Crippen LogP contribution in [0.2, 0.25) is 0 Å². The zero-order valence-electron chi connectivity index (χ0n) is 11.7. The second-order valence-corrected chi connectivity index (χ2v) is 5.94. The fraction of sp³-hybridized carbons (Fsp3) is 0.467. The van der Waals surface area contributed by atoms with Crippen LogP contribution in [0.5, 0.6) is 0 Å². The van der Waals surface area contributed by atoms with Crippen molar-refractivity contribution in [1.29, 1.82) is 0 Å². The molecule has 1 aromatic rings. The summed E-state index contributed by atoms with van der Waals surface area (Å²) in [7, 11) is 0. The Morgan fingerprint density at radius 2 is 2.32 bits per heavy atom. The van der Waals surface area contributed by atoms with Crippen LogP contribution in [0, 0.1) is 11.8 Å². The molecule has 7 heteroatoms. The average molecular weight is 306 g/mol. The number of carbonyl (C=O) groups excluding carboxylic acids is 2. The predicted octanol–water partition coefficient (Wildman–Crippen LogP) is 0.641. The van der Waals surface area contributed by atoms with Gasteiger partial charge in [-0.3, -0.25) is 0 Å². The summed E-state index contributed by atoms with van der Waals surface area (Å²) in [4.78, 5) is 24.0. The van der Waals surface area contributed by atoms with E-state index in [0.29, 0.717) is 5.57 Å². The maximum Gasteiger partial charge on any atom is 0.374 e. The summed E-state index contributed by atoms with van der Waals surface area (Å²) in [6, 6.07) is 3.03. The van der Waals surface area contributed by atoms with Crippen LogP contribution in [0.15, 0.2) is 34.6 Å². The molecule has 3 aliphatic rings.